The van der Waals surface area contributed by atoms with Crippen LogP contribution in [0.5, 0.6) is 5.75 Å². The Balaban J connectivity index is 0.00000225. The lowest BCUT2D eigenvalue weighted by Crippen LogP contribution is -2.37. The zero-order chi connectivity index (χ0) is 19.8. The highest BCUT2D eigenvalue weighted by atomic mass is 35.5. The molecule has 1 aromatic heterocycles. The normalized spacial score (nSPS) is 14.5. The molecule has 0 spiro atoms. The summed E-state index contributed by atoms with van der Waals surface area (Å²) in [4.78, 5) is 4.88. The van der Waals surface area contributed by atoms with Gasteiger partial charge in [-0.05, 0) is 50.7 Å². The van der Waals surface area contributed by atoms with Gasteiger partial charge in [0, 0.05) is 38.1 Å². The molecule has 0 radical (unpaired) electrons. The van der Waals surface area contributed by atoms with Crippen molar-refractivity contribution >= 4 is 41.5 Å². The van der Waals surface area contributed by atoms with Crippen LogP contribution in [0.4, 0.5) is 5.82 Å². The van der Waals surface area contributed by atoms with E-state index in [1.165, 1.54) is 0 Å². The van der Waals surface area contributed by atoms with Gasteiger partial charge in [-0.15, -0.1) is 24.8 Å². The lowest BCUT2D eigenvalue weighted by atomic mass is 10.2. The molecule has 9 heteroatoms. The van der Waals surface area contributed by atoms with E-state index >= 15 is 0 Å². The van der Waals surface area contributed by atoms with Gasteiger partial charge in [-0.1, -0.05) is 13.8 Å². The molecule has 30 heavy (non-hydrogen) atoms. The van der Waals surface area contributed by atoms with E-state index in [1.807, 2.05) is 12.1 Å². The summed E-state index contributed by atoms with van der Waals surface area (Å²) in [5.41, 5.74) is 1.08. The molecule has 0 bridgehead atoms. The summed E-state index contributed by atoms with van der Waals surface area (Å²) >= 11 is 0. The molecule has 0 unspecified atom stereocenters. The minimum atomic E-state index is 0. The molecule has 0 saturated carbocycles. The maximum Gasteiger partial charge on any atom is 0.156 e. The zero-order valence-electron chi connectivity index (χ0n) is 18.2. The molecule has 1 fully saturated rings. The van der Waals surface area contributed by atoms with Crippen LogP contribution in [-0.4, -0.2) is 83.7 Å². The molecule has 172 valence electrons. The number of benzene rings is 1. The van der Waals surface area contributed by atoms with E-state index in [9.17, 15) is 5.11 Å². The molecule has 0 aliphatic carbocycles. The zero-order valence-corrected chi connectivity index (χ0v) is 19.8. The van der Waals surface area contributed by atoms with Gasteiger partial charge in [0.15, 0.2) is 5.82 Å². The van der Waals surface area contributed by atoms with E-state index in [4.69, 9.17) is 9.84 Å². The average Bonchev–Trinajstić information content (AvgIpc) is 3.06. The van der Waals surface area contributed by atoms with Crippen LogP contribution in [0.15, 0.2) is 18.2 Å². The number of aryl methyl sites for hydroxylation is 1. The van der Waals surface area contributed by atoms with Crippen LogP contribution in [0.1, 0.15) is 26.7 Å². The Kier molecular flexibility index (Phi) is 12.4. The predicted molar refractivity (Wildman–Crippen MR) is 129 cm³/mol. The van der Waals surface area contributed by atoms with Crippen molar-refractivity contribution in [3.8, 4) is 5.75 Å². The highest BCUT2D eigenvalue weighted by molar-refractivity contribution is 5.91. The second-order valence-electron chi connectivity index (χ2n) is 7.39. The Morgan fingerprint density at radius 1 is 1.10 bits per heavy atom. The monoisotopic (exact) mass is 461 g/mol. The maximum absolute atomic E-state index is 9.93. The summed E-state index contributed by atoms with van der Waals surface area (Å²) in [5.74, 6) is 1.16. The molecule has 2 aromatic rings. The number of aromatic hydroxyl groups is 1. The van der Waals surface area contributed by atoms with Gasteiger partial charge in [-0.25, -0.2) is 0 Å². The van der Waals surface area contributed by atoms with Crippen molar-refractivity contribution < 1.29 is 9.84 Å². The van der Waals surface area contributed by atoms with E-state index in [1.54, 1.807) is 6.07 Å². The molecular formula is C21H37Cl2N5O2. The smallest absolute Gasteiger partial charge is 0.156 e. The largest absolute Gasteiger partial charge is 0.508 e. The van der Waals surface area contributed by atoms with Crippen LogP contribution < -0.4 is 5.32 Å². The van der Waals surface area contributed by atoms with Crippen LogP contribution in [-0.2, 0) is 11.3 Å². The Bertz CT molecular complexity index is 734. The van der Waals surface area contributed by atoms with E-state index in [0.717, 1.165) is 95.1 Å². The van der Waals surface area contributed by atoms with Crippen molar-refractivity contribution in [1.29, 1.82) is 0 Å². The van der Waals surface area contributed by atoms with Crippen molar-refractivity contribution in [2.45, 2.75) is 33.2 Å². The van der Waals surface area contributed by atoms with Crippen molar-refractivity contribution in [2.24, 2.45) is 0 Å². The second kappa shape index (κ2) is 13.9. The number of anilines is 1. The number of rotatable bonds is 11. The molecule has 2 N–H and O–H groups in total. The van der Waals surface area contributed by atoms with E-state index < -0.39 is 0 Å². The molecule has 0 atom stereocenters. The van der Waals surface area contributed by atoms with Crippen LogP contribution in [0, 0.1) is 0 Å². The van der Waals surface area contributed by atoms with Gasteiger partial charge in [-0.2, -0.15) is 5.10 Å². The molecule has 1 aromatic carbocycles. The summed E-state index contributed by atoms with van der Waals surface area (Å²) in [6, 6.07) is 5.52. The summed E-state index contributed by atoms with van der Waals surface area (Å²) in [7, 11) is 0. The Morgan fingerprint density at radius 3 is 2.53 bits per heavy atom. The van der Waals surface area contributed by atoms with Gasteiger partial charge < -0.3 is 20.1 Å². The van der Waals surface area contributed by atoms with Gasteiger partial charge in [0.25, 0.3) is 0 Å². The number of hydrogen-bond donors (Lipinski definition) is 2. The molecule has 1 saturated heterocycles. The van der Waals surface area contributed by atoms with Gasteiger partial charge in [0.2, 0.25) is 0 Å². The first-order chi connectivity index (χ1) is 13.7. The number of phenolic OH excluding ortho intramolecular Hbond substituents is 1. The first-order valence-corrected chi connectivity index (χ1v) is 10.7. The van der Waals surface area contributed by atoms with Crippen LogP contribution in [0.2, 0.25) is 0 Å². The Hall–Kier alpha value is -1.25. The van der Waals surface area contributed by atoms with E-state index in [-0.39, 0.29) is 30.6 Å². The second-order valence-corrected chi connectivity index (χ2v) is 7.39. The first-order valence-electron chi connectivity index (χ1n) is 10.7. The topological polar surface area (TPSA) is 65.8 Å². The third-order valence-corrected chi connectivity index (χ3v) is 5.52. The Labute approximate surface area is 192 Å². The highest BCUT2D eigenvalue weighted by Gasteiger charge is 2.13. The fourth-order valence-corrected chi connectivity index (χ4v) is 3.79. The van der Waals surface area contributed by atoms with Crippen molar-refractivity contribution in [3.05, 3.63) is 18.2 Å². The number of morpholine rings is 1. The van der Waals surface area contributed by atoms with Crippen LogP contribution in [0.3, 0.4) is 0 Å². The molecule has 3 rings (SSSR count). The quantitative estimate of drug-likeness (QED) is 0.499. The van der Waals surface area contributed by atoms with Gasteiger partial charge >= 0.3 is 0 Å². The molecule has 1 aliphatic rings. The van der Waals surface area contributed by atoms with Gasteiger partial charge in [-0.3, -0.25) is 9.58 Å². The number of nitrogens with one attached hydrogen (secondary N) is 1. The van der Waals surface area contributed by atoms with Crippen LogP contribution in [0.25, 0.3) is 10.9 Å². The number of halogens is 2. The van der Waals surface area contributed by atoms with Crippen molar-refractivity contribution in [2.75, 3.05) is 64.3 Å². The average molecular weight is 462 g/mol. The number of fused-ring (bicyclic) bond motifs is 1. The summed E-state index contributed by atoms with van der Waals surface area (Å²) in [6.45, 7) is 14.2. The fraction of sp³-hybridized carbons (Fsp3) is 0.667. The molecule has 1 aliphatic heterocycles. The third-order valence-electron chi connectivity index (χ3n) is 5.52. The standard InChI is InChI=1S/C21H35N5O2.2ClH/c1-3-24(4-2)10-5-9-22-21-19-17-18(27)7-8-20(19)26(23-21)12-6-11-25-13-15-28-16-14-25;;/h7-8,17,27H,3-6,9-16H2,1-2H3,(H,22,23);2*1H. The number of ether oxygens (including phenoxy) is 1. The predicted octanol–water partition coefficient (Wildman–Crippen LogP) is 3.45. The molecule has 7 nitrogen and oxygen atoms in total. The minimum Gasteiger partial charge on any atom is -0.508 e. The number of aromatic nitrogens is 2. The number of hydrogen-bond acceptors (Lipinski definition) is 6. The maximum atomic E-state index is 9.93. The fourth-order valence-electron chi connectivity index (χ4n) is 3.79. The van der Waals surface area contributed by atoms with E-state index in [2.05, 4.69) is 33.6 Å². The van der Waals surface area contributed by atoms with Gasteiger partial charge in [0.1, 0.15) is 5.75 Å². The van der Waals surface area contributed by atoms with E-state index in [0.29, 0.717) is 0 Å². The number of nitrogens with zero attached hydrogens (tertiary/aromatic N) is 4. The summed E-state index contributed by atoms with van der Waals surface area (Å²) in [5, 5.41) is 19.2. The lowest BCUT2D eigenvalue weighted by molar-refractivity contribution is 0.0368. The molecule has 2 heterocycles. The van der Waals surface area contributed by atoms with Crippen molar-refractivity contribution in [3.63, 3.8) is 0 Å². The Morgan fingerprint density at radius 2 is 1.83 bits per heavy atom. The molecule has 0 amide bonds. The number of phenols is 1. The van der Waals surface area contributed by atoms with Crippen LogP contribution >= 0.6 is 24.8 Å². The van der Waals surface area contributed by atoms with Gasteiger partial charge in [0.05, 0.1) is 18.7 Å². The highest BCUT2D eigenvalue weighted by Crippen LogP contribution is 2.27. The SMILES string of the molecule is CCN(CC)CCCNc1nn(CCCN2CCOCC2)c2ccc(O)cc12.Cl.Cl. The minimum absolute atomic E-state index is 0. The first kappa shape index (κ1) is 26.8. The summed E-state index contributed by atoms with van der Waals surface area (Å²) < 4.78 is 7.49. The third kappa shape index (κ3) is 7.46. The lowest BCUT2D eigenvalue weighted by Gasteiger charge is -2.26. The summed E-state index contributed by atoms with van der Waals surface area (Å²) in [6.07, 6.45) is 2.13. The molecular weight excluding hydrogens is 425 g/mol. The van der Waals surface area contributed by atoms with Crippen molar-refractivity contribution in [1.82, 2.24) is 19.6 Å².